The maximum Gasteiger partial charge on any atom is 0.573 e. The number of ether oxygens (including phenoxy) is 1. The summed E-state index contributed by atoms with van der Waals surface area (Å²) in [6.07, 6.45) is -4.73. The van der Waals surface area contributed by atoms with Gasteiger partial charge in [-0.15, -0.1) is 13.2 Å². The van der Waals surface area contributed by atoms with Crippen LogP contribution in [0.5, 0.6) is 11.5 Å². The molecule has 0 saturated carbocycles. The SMILES string of the molecule is NC(=NCc1ccc(O)c(F)c1)NCc1ccc(OC(F)(F)F)cc1. The first-order valence-corrected chi connectivity index (χ1v) is 7.09. The summed E-state index contributed by atoms with van der Waals surface area (Å²) in [6.45, 7) is 0.347. The summed E-state index contributed by atoms with van der Waals surface area (Å²) in [7, 11) is 0. The molecule has 2 aromatic carbocycles. The van der Waals surface area contributed by atoms with E-state index in [9.17, 15) is 17.6 Å². The summed E-state index contributed by atoms with van der Waals surface area (Å²) in [6, 6.07) is 9.16. The van der Waals surface area contributed by atoms with Crippen LogP contribution in [0.4, 0.5) is 17.6 Å². The molecule has 0 unspecified atom stereocenters. The van der Waals surface area contributed by atoms with Crippen LogP contribution in [0.25, 0.3) is 0 Å². The zero-order chi connectivity index (χ0) is 18.4. The Labute approximate surface area is 140 Å². The Bertz CT molecular complexity index is 746. The van der Waals surface area contributed by atoms with Crippen molar-refractivity contribution in [1.82, 2.24) is 5.32 Å². The number of benzene rings is 2. The molecule has 0 aliphatic heterocycles. The van der Waals surface area contributed by atoms with Crippen molar-refractivity contribution >= 4 is 5.96 Å². The number of nitrogens with zero attached hydrogens (tertiary/aromatic N) is 1. The van der Waals surface area contributed by atoms with E-state index in [1.807, 2.05) is 0 Å². The summed E-state index contributed by atoms with van der Waals surface area (Å²) >= 11 is 0. The predicted molar refractivity (Wildman–Crippen MR) is 83.4 cm³/mol. The number of hydrogen-bond acceptors (Lipinski definition) is 3. The molecule has 4 N–H and O–H groups in total. The largest absolute Gasteiger partial charge is 0.573 e. The first kappa shape index (κ1) is 18.4. The van der Waals surface area contributed by atoms with Gasteiger partial charge >= 0.3 is 6.36 Å². The van der Waals surface area contributed by atoms with Gasteiger partial charge in [-0.05, 0) is 35.4 Å². The third-order valence-electron chi connectivity index (χ3n) is 3.07. The molecular formula is C16H15F4N3O2. The van der Waals surface area contributed by atoms with Crippen LogP contribution in [0.15, 0.2) is 47.5 Å². The third kappa shape index (κ3) is 6.21. The Kier molecular flexibility index (Phi) is 5.68. The van der Waals surface area contributed by atoms with Crippen LogP contribution in [0.1, 0.15) is 11.1 Å². The Morgan fingerprint density at radius 2 is 1.76 bits per heavy atom. The monoisotopic (exact) mass is 357 g/mol. The Hall–Kier alpha value is -2.97. The van der Waals surface area contributed by atoms with Gasteiger partial charge in [-0.2, -0.15) is 0 Å². The van der Waals surface area contributed by atoms with Crippen molar-refractivity contribution in [2.75, 3.05) is 0 Å². The van der Waals surface area contributed by atoms with Gasteiger partial charge in [-0.3, -0.25) is 0 Å². The topological polar surface area (TPSA) is 79.9 Å². The van der Waals surface area contributed by atoms with E-state index in [0.29, 0.717) is 11.1 Å². The molecule has 0 aromatic heterocycles. The minimum absolute atomic E-state index is 0.0871. The summed E-state index contributed by atoms with van der Waals surface area (Å²) in [4.78, 5) is 4.01. The third-order valence-corrected chi connectivity index (χ3v) is 3.07. The lowest BCUT2D eigenvalue weighted by Gasteiger charge is -2.10. The number of guanidine groups is 1. The van der Waals surface area contributed by atoms with Crippen molar-refractivity contribution in [1.29, 1.82) is 0 Å². The lowest BCUT2D eigenvalue weighted by Crippen LogP contribution is -2.31. The Morgan fingerprint density at radius 3 is 2.36 bits per heavy atom. The number of aromatic hydroxyl groups is 1. The fraction of sp³-hybridized carbons (Fsp3) is 0.188. The lowest BCUT2D eigenvalue weighted by atomic mass is 10.2. The average Bonchev–Trinajstić information content (AvgIpc) is 2.54. The van der Waals surface area contributed by atoms with Gasteiger partial charge in [0.1, 0.15) is 5.75 Å². The van der Waals surface area contributed by atoms with Gasteiger partial charge in [0.05, 0.1) is 6.54 Å². The van der Waals surface area contributed by atoms with Gasteiger partial charge in [0.2, 0.25) is 0 Å². The second-order valence-corrected chi connectivity index (χ2v) is 5.03. The summed E-state index contributed by atoms with van der Waals surface area (Å²) < 4.78 is 53.1. The first-order valence-electron chi connectivity index (χ1n) is 7.09. The molecule has 0 radical (unpaired) electrons. The van der Waals surface area contributed by atoms with Crippen LogP contribution in [-0.2, 0) is 13.1 Å². The number of rotatable bonds is 5. The summed E-state index contributed by atoms with van der Waals surface area (Å²) in [5.74, 6) is -1.42. The standard InChI is InChI=1S/C16H15F4N3O2/c17-13-7-11(3-6-14(13)24)9-23-15(21)22-8-10-1-4-12(5-2-10)25-16(18,19)20/h1-7,24H,8-9H2,(H3,21,22,23). The van der Waals surface area contributed by atoms with E-state index in [0.717, 1.165) is 6.07 Å². The molecule has 2 rings (SSSR count). The number of phenolic OH excluding ortho intramolecular Hbond substituents is 1. The van der Waals surface area contributed by atoms with E-state index in [2.05, 4.69) is 15.0 Å². The predicted octanol–water partition coefficient (Wildman–Crippen LogP) is 3.03. The maximum atomic E-state index is 13.2. The molecule has 2 aromatic rings. The van der Waals surface area contributed by atoms with E-state index in [-0.39, 0.29) is 24.8 Å². The second kappa shape index (κ2) is 7.73. The minimum atomic E-state index is -4.73. The number of phenols is 1. The van der Waals surface area contributed by atoms with Crippen molar-refractivity contribution in [2.45, 2.75) is 19.5 Å². The summed E-state index contributed by atoms with van der Waals surface area (Å²) in [5, 5.41) is 11.9. The minimum Gasteiger partial charge on any atom is -0.505 e. The highest BCUT2D eigenvalue weighted by Gasteiger charge is 2.30. The van der Waals surface area contributed by atoms with E-state index in [1.54, 1.807) is 0 Å². The average molecular weight is 357 g/mol. The van der Waals surface area contributed by atoms with E-state index in [1.165, 1.54) is 36.4 Å². The van der Waals surface area contributed by atoms with Crippen LogP contribution in [0, 0.1) is 5.82 Å². The number of nitrogens with one attached hydrogen (secondary N) is 1. The zero-order valence-electron chi connectivity index (χ0n) is 12.8. The Morgan fingerprint density at radius 1 is 1.12 bits per heavy atom. The van der Waals surface area contributed by atoms with Crippen LogP contribution in [0.2, 0.25) is 0 Å². The number of aliphatic imine (C=N–C) groups is 1. The number of halogens is 4. The van der Waals surface area contributed by atoms with Gasteiger partial charge in [-0.25, -0.2) is 9.38 Å². The maximum absolute atomic E-state index is 13.2. The molecule has 0 bridgehead atoms. The van der Waals surface area contributed by atoms with Crippen LogP contribution in [-0.4, -0.2) is 17.4 Å². The molecule has 0 saturated heterocycles. The van der Waals surface area contributed by atoms with Crippen molar-refractivity contribution in [3.63, 3.8) is 0 Å². The highest BCUT2D eigenvalue weighted by atomic mass is 19.4. The van der Waals surface area contributed by atoms with E-state index in [4.69, 9.17) is 10.8 Å². The molecule has 0 aliphatic rings. The van der Waals surface area contributed by atoms with Gasteiger partial charge in [0.15, 0.2) is 17.5 Å². The normalized spacial score (nSPS) is 12.1. The van der Waals surface area contributed by atoms with Gasteiger partial charge in [-0.1, -0.05) is 18.2 Å². The van der Waals surface area contributed by atoms with Gasteiger partial charge in [0, 0.05) is 6.54 Å². The second-order valence-electron chi connectivity index (χ2n) is 5.03. The molecule has 0 fully saturated rings. The van der Waals surface area contributed by atoms with Crippen molar-refractivity contribution in [3.8, 4) is 11.5 Å². The lowest BCUT2D eigenvalue weighted by molar-refractivity contribution is -0.274. The molecule has 9 heteroatoms. The fourth-order valence-electron chi connectivity index (χ4n) is 1.88. The smallest absolute Gasteiger partial charge is 0.505 e. The van der Waals surface area contributed by atoms with Crippen molar-refractivity contribution < 1.29 is 27.4 Å². The number of alkyl halides is 3. The fourth-order valence-corrected chi connectivity index (χ4v) is 1.88. The quantitative estimate of drug-likeness (QED) is 0.437. The molecule has 134 valence electrons. The molecule has 0 atom stereocenters. The molecule has 25 heavy (non-hydrogen) atoms. The summed E-state index contributed by atoms with van der Waals surface area (Å²) in [5.41, 5.74) is 6.86. The number of hydrogen-bond donors (Lipinski definition) is 3. The molecule has 5 nitrogen and oxygen atoms in total. The van der Waals surface area contributed by atoms with E-state index < -0.39 is 17.9 Å². The van der Waals surface area contributed by atoms with Gasteiger partial charge < -0.3 is 20.9 Å². The van der Waals surface area contributed by atoms with Crippen molar-refractivity contribution in [2.24, 2.45) is 10.7 Å². The first-order chi connectivity index (χ1) is 11.7. The highest BCUT2D eigenvalue weighted by molar-refractivity contribution is 5.77. The zero-order valence-corrected chi connectivity index (χ0v) is 12.8. The molecule has 0 heterocycles. The van der Waals surface area contributed by atoms with E-state index >= 15 is 0 Å². The van der Waals surface area contributed by atoms with Crippen LogP contribution in [0.3, 0.4) is 0 Å². The molecule has 0 spiro atoms. The van der Waals surface area contributed by atoms with Gasteiger partial charge in [0.25, 0.3) is 0 Å². The Balaban J connectivity index is 1.86. The number of nitrogens with two attached hydrogens (primary N) is 1. The molecular weight excluding hydrogens is 342 g/mol. The molecule has 0 amide bonds. The molecule has 0 aliphatic carbocycles. The van der Waals surface area contributed by atoms with Crippen LogP contribution >= 0.6 is 0 Å². The van der Waals surface area contributed by atoms with Crippen molar-refractivity contribution in [3.05, 3.63) is 59.4 Å². The van der Waals surface area contributed by atoms with Crippen LogP contribution < -0.4 is 15.8 Å². The highest BCUT2D eigenvalue weighted by Crippen LogP contribution is 2.22.